The Morgan fingerprint density at radius 2 is 1.68 bits per heavy atom. The lowest BCUT2D eigenvalue weighted by molar-refractivity contribution is -0.137. The van der Waals surface area contributed by atoms with Crippen LogP contribution in [0.5, 0.6) is 0 Å². The normalized spacial score (nSPS) is 14.3. The van der Waals surface area contributed by atoms with Crippen molar-refractivity contribution in [2.75, 3.05) is 26.3 Å². The van der Waals surface area contributed by atoms with E-state index in [1.54, 1.807) is 24.3 Å². The van der Waals surface area contributed by atoms with Crippen LogP contribution >= 0.6 is 11.6 Å². The molecule has 0 spiro atoms. The second-order valence-corrected chi connectivity index (χ2v) is 7.88. The summed E-state index contributed by atoms with van der Waals surface area (Å²) in [6.07, 6.45) is -4.57. The molecule has 0 unspecified atom stereocenters. The smallest absolute Gasteiger partial charge is 0.378 e. The van der Waals surface area contributed by atoms with Crippen molar-refractivity contribution in [3.05, 3.63) is 91.2 Å². The van der Waals surface area contributed by atoms with Crippen molar-refractivity contribution >= 4 is 17.5 Å². The number of ether oxygens (including phenoxy) is 1. The number of hydrogen-bond donors (Lipinski definition) is 0. The minimum absolute atomic E-state index is 0.0399. The van der Waals surface area contributed by atoms with E-state index < -0.39 is 34.6 Å². The van der Waals surface area contributed by atoms with Gasteiger partial charge in [0, 0.05) is 18.1 Å². The van der Waals surface area contributed by atoms with Crippen LogP contribution in [0.3, 0.4) is 0 Å². The van der Waals surface area contributed by atoms with Crippen LogP contribution in [0.25, 0.3) is 5.69 Å². The maximum absolute atomic E-state index is 13.2. The summed E-state index contributed by atoms with van der Waals surface area (Å²) in [7, 11) is 0. The molecule has 0 N–H and O–H groups in total. The number of hydrogen-bond acceptors (Lipinski definition) is 5. The van der Waals surface area contributed by atoms with Crippen LogP contribution in [-0.2, 0) is 17.5 Å². The summed E-state index contributed by atoms with van der Waals surface area (Å²) >= 11 is 6.18. The van der Waals surface area contributed by atoms with Gasteiger partial charge in [-0.25, -0.2) is 4.79 Å². The van der Waals surface area contributed by atoms with E-state index in [4.69, 9.17) is 16.3 Å². The number of benzene rings is 2. The fourth-order valence-corrected chi connectivity index (χ4v) is 3.66. The van der Waals surface area contributed by atoms with E-state index in [2.05, 4.69) is 5.10 Å². The maximum atomic E-state index is 13.2. The van der Waals surface area contributed by atoms with Crippen molar-refractivity contribution in [2.24, 2.45) is 0 Å². The van der Waals surface area contributed by atoms with Gasteiger partial charge in [0.05, 0.1) is 31.0 Å². The topological polar surface area (TPSA) is 86.4 Å². The zero-order valence-electron chi connectivity index (χ0n) is 17.6. The largest absolute Gasteiger partial charge is 0.416 e. The Labute approximate surface area is 195 Å². The molecule has 1 aliphatic heterocycles. The van der Waals surface area contributed by atoms with Crippen LogP contribution in [0.4, 0.5) is 13.2 Å². The first kappa shape index (κ1) is 23.7. The lowest BCUT2D eigenvalue weighted by atomic mass is 10.2. The van der Waals surface area contributed by atoms with E-state index in [9.17, 15) is 27.6 Å². The monoisotopic (exact) mass is 494 g/mol. The van der Waals surface area contributed by atoms with Crippen LogP contribution in [0.15, 0.2) is 58.1 Å². The Bertz CT molecular complexity index is 1330. The lowest BCUT2D eigenvalue weighted by Gasteiger charge is -2.26. The summed E-state index contributed by atoms with van der Waals surface area (Å²) in [6, 6.07) is 10.2. The van der Waals surface area contributed by atoms with Crippen molar-refractivity contribution in [1.29, 1.82) is 0 Å². The van der Waals surface area contributed by atoms with Gasteiger partial charge < -0.3 is 9.64 Å². The van der Waals surface area contributed by atoms with Crippen LogP contribution in [-0.4, -0.2) is 51.5 Å². The molecule has 4 rings (SSSR count). The highest BCUT2D eigenvalue weighted by atomic mass is 35.5. The fourth-order valence-electron chi connectivity index (χ4n) is 3.46. The van der Waals surface area contributed by atoms with Gasteiger partial charge in [-0.2, -0.15) is 23.0 Å². The molecule has 12 heteroatoms. The third-order valence-corrected chi connectivity index (χ3v) is 5.65. The van der Waals surface area contributed by atoms with Crippen LogP contribution in [0, 0.1) is 0 Å². The van der Waals surface area contributed by atoms with Gasteiger partial charge in [0.2, 0.25) is 5.69 Å². The van der Waals surface area contributed by atoms with Crippen LogP contribution in [0.2, 0.25) is 5.02 Å². The molecule has 8 nitrogen and oxygen atoms in total. The molecule has 0 saturated carbocycles. The van der Waals surface area contributed by atoms with E-state index >= 15 is 0 Å². The van der Waals surface area contributed by atoms with Gasteiger partial charge in [-0.3, -0.25) is 14.2 Å². The Kier molecular flexibility index (Phi) is 6.58. The number of halogens is 4. The fraction of sp³-hybridized carbons (Fsp3) is 0.273. The van der Waals surface area contributed by atoms with Gasteiger partial charge in [0.15, 0.2) is 0 Å². The average molecular weight is 495 g/mol. The SMILES string of the molecule is O=C(c1nn(-c2ccc(C(F)(F)F)cc2)c(=O)n(Cc2ccccc2Cl)c1=O)N1CCOCC1. The van der Waals surface area contributed by atoms with Crippen LogP contribution < -0.4 is 11.2 Å². The molecule has 0 radical (unpaired) electrons. The van der Waals surface area contributed by atoms with E-state index in [0.717, 1.165) is 33.5 Å². The van der Waals surface area contributed by atoms with E-state index in [1.807, 2.05) is 0 Å². The van der Waals surface area contributed by atoms with E-state index in [0.29, 0.717) is 10.6 Å². The van der Waals surface area contributed by atoms with Gasteiger partial charge in [-0.15, -0.1) is 0 Å². The number of aromatic nitrogens is 3. The first-order chi connectivity index (χ1) is 16.2. The number of morpholine rings is 1. The zero-order chi connectivity index (χ0) is 24.5. The maximum Gasteiger partial charge on any atom is 0.416 e. The number of amides is 1. The molecule has 2 aromatic carbocycles. The third kappa shape index (κ3) is 4.75. The Balaban J connectivity index is 1.86. The van der Waals surface area contributed by atoms with Crippen molar-refractivity contribution in [2.45, 2.75) is 12.7 Å². The van der Waals surface area contributed by atoms with Gasteiger partial charge in [0.25, 0.3) is 11.5 Å². The van der Waals surface area contributed by atoms with Crippen molar-refractivity contribution in [3.63, 3.8) is 0 Å². The number of carbonyl (C=O) groups is 1. The first-order valence-corrected chi connectivity index (χ1v) is 10.6. The predicted molar refractivity (Wildman–Crippen MR) is 116 cm³/mol. The molecule has 1 fully saturated rings. The molecule has 2 heterocycles. The van der Waals surface area contributed by atoms with E-state index in [-0.39, 0.29) is 38.5 Å². The molecule has 0 bridgehead atoms. The summed E-state index contributed by atoms with van der Waals surface area (Å²) in [4.78, 5) is 40.8. The summed E-state index contributed by atoms with van der Waals surface area (Å²) in [5.41, 5.74) is -2.90. The average Bonchev–Trinajstić information content (AvgIpc) is 2.83. The standard InChI is InChI=1S/C22H18ClF3N4O4/c23-17-4-2-1-3-14(17)13-29-20(32)18(19(31)28-9-11-34-12-10-28)27-30(21(29)33)16-7-5-15(6-8-16)22(24,25)26/h1-8H,9-13H2. The highest BCUT2D eigenvalue weighted by molar-refractivity contribution is 6.31. The summed E-state index contributed by atoms with van der Waals surface area (Å²) in [6.45, 7) is 0.744. The number of rotatable bonds is 4. The molecular weight excluding hydrogens is 477 g/mol. The molecule has 3 aromatic rings. The molecule has 1 amide bonds. The van der Waals surface area contributed by atoms with Crippen LogP contribution in [0.1, 0.15) is 21.6 Å². The van der Waals surface area contributed by atoms with Crippen molar-refractivity contribution in [3.8, 4) is 5.69 Å². The van der Waals surface area contributed by atoms with E-state index in [1.165, 1.54) is 4.90 Å². The minimum atomic E-state index is -4.57. The molecule has 34 heavy (non-hydrogen) atoms. The molecule has 1 saturated heterocycles. The lowest BCUT2D eigenvalue weighted by Crippen LogP contribution is -2.48. The highest BCUT2D eigenvalue weighted by Crippen LogP contribution is 2.29. The predicted octanol–water partition coefficient (Wildman–Crippen LogP) is 2.59. The number of carbonyl (C=O) groups excluding carboxylic acids is 1. The van der Waals surface area contributed by atoms with Crippen molar-refractivity contribution in [1.82, 2.24) is 19.2 Å². The summed E-state index contributed by atoms with van der Waals surface area (Å²) in [5, 5.41) is 4.26. The molecule has 178 valence electrons. The van der Waals surface area contributed by atoms with Gasteiger partial charge >= 0.3 is 11.9 Å². The Hall–Kier alpha value is -3.44. The highest BCUT2D eigenvalue weighted by Gasteiger charge is 2.30. The third-order valence-electron chi connectivity index (χ3n) is 5.29. The van der Waals surface area contributed by atoms with Gasteiger partial charge in [-0.1, -0.05) is 29.8 Å². The first-order valence-electron chi connectivity index (χ1n) is 10.2. The van der Waals surface area contributed by atoms with Crippen molar-refractivity contribution < 1.29 is 22.7 Å². The van der Waals surface area contributed by atoms with Gasteiger partial charge in [0.1, 0.15) is 0 Å². The summed E-state index contributed by atoms with van der Waals surface area (Å²) < 4.78 is 45.7. The minimum Gasteiger partial charge on any atom is -0.378 e. The summed E-state index contributed by atoms with van der Waals surface area (Å²) in [5.74, 6) is -0.707. The second-order valence-electron chi connectivity index (χ2n) is 7.47. The Morgan fingerprint density at radius 1 is 1.03 bits per heavy atom. The molecule has 0 aliphatic carbocycles. The van der Waals surface area contributed by atoms with Gasteiger partial charge in [-0.05, 0) is 35.9 Å². The number of alkyl halides is 3. The molecule has 1 aromatic heterocycles. The molecule has 0 atom stereocenters. The zero-order valence-corrected chi connectivity index (χ0v) is 18.3. The molecular formula is C22H18ClF3N4O4. The molecule has 1 aliphatic rings. The second kappa shape index (κ2) is 9.43. The number of nitrogens with zero attached hydrogens (tertiary/aromatic N) is 4. The Morgan fingerprint density at radius 3 is 2.29 bits per heavy atom. The quantitative estimate of drug-likeness (QED) is 0.556.